The second-order valence-corrected chi connectivity index (χ2v) is 5.13. The summed E-state index contributed by atoms with van der Waals surface area (Å²) in [6.45, 7) is 6.61. The fourth-order valence-corrected chi connectivity index (χ4v) is 2.33. The molecule has 1 aliphatic rings. The van der Waals surface area contributed by atoms with Gasteiger partial charge in [0.15, 0.2) is 0 Å². The SMILES string of the molecule is CNC1CCN(c2cccc(C(C)C)n2)CC1. The number of hydrogen-bond acceptors (Lipinski definition) is 3. The minimum absolute atomic E-state index is 0.504. The van der Waals surface area contributed by atoms with E-state index in [9.17, 15) is 0 Å². The summed E-state index contributed by atoms with van der Waals surface area (Å²) in [7, 11) is 2.05. The molecule has 0 saturated carbocycles. The highest BCUT2D eigenvalue weighted by Crippen LogP contribution is 2.20. The number of piperidine rings is 1. The van der Waals surface area contributed by atoms with E-state index in [0.29, 0.717) is 12.0 Å². The third-order valence-electron chi connectivity index (χ3n) is 3.57. The predicted octanol–water partition coefficient (Wildman–Crippen LogP) is 2.39. The minimum Gasteiger partial charge on any atom is -0.356 e. The first-order chi connectivity index (χ1) is 8.20. The van der Waals surface area contributed by atoms with E-state index in [4.69, 9.17) is 4.98 Å². The molecule has 0 aliphatic carbocycles. The molecule has 0 bridgehead atoms. The topological polar surface area (TPSA) is 28.2 Å². The first-order valence-corrected chi connectivity index (χ1v) is 6.60. The van der Waals surface area contributed by atoms with Gasteiger partial charge >= 0.3 is 0 Å². The highest BCUT2D eigenvalue weighted by molar-refractivity contribution is 5.40. The molecule has 17 heavy (non-hydrogen) atoms. The molecule has 1 aromatic heterocycles. The van der Waals surface area contributed by atoms with Gasteiger partial charge in [-0.25, -0.2) is 4.98 Å². The van der Waals surface area contributed by atoms with E-state index < -0.39 is 0 Å². The van der Waals surface area contributed by atoms with Crippen LogP contribution >= 0.6 is 0 Å². The van der Waals surface area contributed by atoms with Gasteiger partial charge in [0, 0.05) is 24.8 Å². The molecule has 0 unspecified atom stereocenters. The van der Waals surface area contributed by atoms with Crippen LogP contribution in [-0.2, 0) is 0 Å². The van der Waals surface area contributed by atoms with Crippen molar-refractivity contribution in [2.75, 3.05) is 25.0 Å². The molecule has 1 fully saturated rings. The highest BCUT2D eigenvalue weighted by atomic mass is 15.2. The second-order valence-electron chi connectivity index (χ2n) is 5.13. The lowest BCUT2D eigenvalue weighted by Crippen LogP contribution is -2.41. The molecule has 2 heterocycles. The van der Waals surface area contributed by atoms with Gasteiger partial charge in [-0.2, -0.15) is 0 Å². The number of pyridine rings is 1. The predicted molar refractivity (Wildman–Crippen MR) is 72.6 cm³/mol. The van der Waals surface area contributed by atoms with Crippen molar-refractivity contribution >= 4 is 5.82 Å². The van der Waals surface area contributed by atoms with E-state index in [-0.39, 0.29) is 0 Å². The van der Waals surface area contributed by atoms with Crippen LogP contribution in [0.25, 0.3) is 0 Å². The third kappa shape index (κ3) is 2.97. The molecule has 94 valence electrons. The molecule has 0 aromatic carbocycles. The van der Waals surface area contributed by atoms with E-state index in [1.54, 1.807) is 0 Å². The monoisotopic (exact) mass is 233 g/mol. The maximum Gasteiger partial charge on any atom is 0.128 e. The van der Waals surface area contributed by atoms with Crippen LogP contribution in [0.3, 0.4) is 0 Å². The Labute approximate surface area is 104 Å². The highest BCUT2D eigenvalue weighted by Gasteiger charge is 2.18. The fraction of sp³-hybridized carbons (Fsp3) is 0.643. The lowest BCUT2D eigenvalue weighted by Gasteiger charge is -2.32. The van der Waals surface area contributed by atoms with Gasteiger partial charge in [-0.15, -0.1) is 0 Å². The Morgan fingerprint density at radius 2 is 2.00 bits per heavy atom. The van der Waals surface area contributed by atoms with Gasteiger partial charge in [0.2, 0.25) is 0 Å². The van der Waals surface area contributed by atoms with Crippen LogP contribution < -0.4 is 10.2 Å². The van der Waals surface area contributed by atoms with Gasteiger partial charge in [0.05, 0.1) is 0 Å². The summed E-state index contributed by atoms with van der Waals surface area (Å²) in [4.78, 5) is 7.15. The Hall–Kier alpha value is -1.09. The van der Waals surface area contributed by atoms with Crippen molar-refractivity contribution in [3.05, 3.63) is 23.9 Å². The number of rotatable bonds is 3. The Bertz CT molecular complexity index is 354. The van der Waals surface area contributed by atoms with Gasteiger partial charge in [-0.05, 0) is 37.9 Å². The lowest BCUT2D eigenvalue weighted by atomic mass is 10.1. The molecule has 0 atom stereocenters. The van der Waals surface area contributed by atoms with E-state index in [1.165, 1.54) is 18.5 Å². The zero-order valence-electron chi connectivity index (χ0n) is 11.1. The molecule has 1 aromatic rings. The third-order valence-corrected chi connectivity index (χ3v) is 3.57. The largest absolute Gasteiger partial charge is 0.356 e. The van der Waals surface area contributed by atoms with Crippen LogP contribution in [0.1, 0.15) is 38.3 Å². The van der Waals surface area contributed by atoms with Gasteiger partial charge < -0.3 is 10.2 Å². The van der Waals surface area contributed by atoms with Gasteiger partial charge in [-0.1, -0.05) is 19.9 Å². The van der Waals surface area contributed by atoms with Crippen LogP contribution in [0.4, 0.5) is 5.82 Å². The molecule has 0 spiro atoms. The normalized spacial score (nSPS) is 17.8. The van der Waals surface area contributed by atoms with Gasteiger partial charge in [0.25, 0.3) is 0 Å². The number of aromatic nitrogens is 1. The Kier molecular flexibility index (Phi) is 4.00. The molecule has 3 heteroatoms. The average Bonchev–Trinajstić information content (AvgIpc) is 2.39. The summed E-state index contributed by atoms with van der Waals surface area (Å²) in [5.41, 5.74) is 1.19. The zero-order chi connectivity index (χ0) is 12.3. The molecule has 1 N–H and O–H groups in total. The number of hydrogen-bond donors (Lipinski definition) is 1. The fourth-order valence-electron chi connectivity index (χ4n) is 2.33. The summed E-state index contributed by atoms with van der Waals surface area (Å²) in [5, 5.41) is 3.36. The van der Waals surface area contributed by atoms with Gasteiger partial charge in [-0.3, -0.25) is 0 Å². The van der Waals surface area contributed by atoms with Crippen molar-refractivity contribution in [1.82, 2.24) is 10.3 Å². The summed E-state index contributed by atoms with van der Waals surface area (Å²) < 4.78 is 0. The summed E-state index contributed by atoms with van der Waals surface area (Å²) in [6.07, 6.45) is 2.42. The summed E-state index contributed by atoms with van der Waals surface area (Å²) in [5.74, 6) is 1.65. The van der Waals surface area contributed by atoms with Crippen molar-refractivity contribution < 1.29 is 0 Å². The first-order valence-electron chi connectivity index (χ1n) is 6.60. The van der Waals surface area contributed by atoms with Crippen LogP contribution in [-0.4, -0.2) is 31.2 Å². The smallest absolute Gasteiger partial charge is 0.128 e. The Morgan fingerprint density at radius 1 is 1.29 bits per heavy atom. The molecule has 1 aliphatic heterocycles. The van der Waals surface area contributed by atoms with Crippen molar-refractivity contribution in [1.29, 1.82) is 0 Å². The summed E-state index contributed by atoms with van der Waals surface area (Å²) >= 11 is 0. The van der Waals surface area contributed by atoms with Crippen LogP contribution in [0.15, 0.2) is 18.2 Å². The van der Waals surface area contributed by atoms with Crippen molar-refractivity contribution in [2.45, 2.75) is 38.6 Å². The molecule has 1 saturated heterocycles. The second kappa shape index (κ2) is 5.50. The van der Waals surface area contributed by atoms with Crippen molar-refractivity contribution in [3.63, 3.8) is 0 Å². The number of nitrogens with zero attached hydrogens (tertiary/aromatic N) is 2. The van der Waals surface area contributed by atoms with E-state index in [0.717, 1.165) is 18.9 Å². The van der Waals surface area contributed by atoms with Crippen molar-refractivity contribution in [2.24, 2.45) is 0 Å². The lowest BCUT2D eigenvalue weighted by molar-refractivity contribution is 0.440. The molecule has 0 radical (unpaired) electrons. The maximum absolute atomic E-state index is 4.75. The quantitative estimate of drug-likeness (QED) is 0.869. The molecular weight excluding hydrogens is 210 g/mol. The van der Waals surface area contributed by atoms with Crippen LogP contribution in [0.2, 0.25) is 0 Å². The minimum atomic E-state index is 0.504. The van der Waals surface area contributed by atoms with E-state index in [2.05, 4.69) is 49.3 Å². The van der Waals surface area contributed by atoms with E-state index >= 15 is 0 Å². The Balaban J connectivity index is 2.05. The molecule has 3 nitrogen and oxygen atoms in total. The zero-order valence-corrected chi connectivity index (χ0v) is 11.1. The molecule has 0 amide bonds. The standard InChI is InChI=1S/C14H23N3/c1-11(2)13-5-4-6-14(16-13)17-9-7-12(15-3)8-10-17/h4-6,11-12,15H,7-10H2,1-3H3. The molecule has 2 rings (SSSR count). The van der Waals surface area contributed by atoms with Crippen molar-refractivity contribution in [3.8, 4) is 0 Å². The molecular formula is C14H23N3. The number of anilines is 1. The maximum atomic E-state index is 4.75. The van der Waals surface area contributed by atoms with Gasteiger partial charge in [0.1, 0.15) is 5.82 Å². The summed E-state index contributed by atoms with van der Waals surface area (Å²) in [6, 6.07) is 7.06. The van der Waals surface area contributed by atoms with E-state index in [1.807, 2.05) is 0 Å². The Morgan fingerprint density at radius 3 is 2.59 bits per heavy atom. The average molecular weight is 233 g/mol. The number of nitrogens with one attached hydrogen (secondary N) is 1. The van der Waals surface area contributed by atoms with Crippen LogP contribution in [0, 0.1) is 0 Å². The van der Waals surface area contributed by atoms with Crippen LogP contribution in [0.5, 0.6) is 0 Å². The first kappa shape index (κ1) is 12.4.